The maximum Gasteiger partial charge on any atom is 0.233 e. The molecule has 0 saturated carbocycles. The molecule has 1 saturated heterocycles. The second-order valence-corrected chi connectivity index (χ2v) is 9.52. The summed E-state index contributed by atoms with van der Waals surface area (Å²) in [6, 6.07) is 5.47. The summed E-state index contributed by atoms with van der Waals surface area (Å²) in [6.45, 7) is 3.67. The Kier molecular flexibility index (Phi) is 5.78. The molecule has 0 N–H and O–H groups in total. The average molecular weight is 386 g/mol. The van der Waals surface area contributed by atoms with E-state index in [0.29, 0.717) is 31.9 Å². The van der Waals surface area contributed by atoms with Gasteiger partial charge in [-0.15, -0.1) is 11.8 Å². The lowest BCUT2D eigenvalue weighted by molar-refractivity contribution is -0.130. The highest BCUT2D eigenvalue weighted by molar-refractivity contribution is 8.00. The highest BCUT2D eigenvalue weighted by Gasteiger charge is 2.34. The highest BCUT2D eigenvalue weighted by atomic mass is 32.2. The van der Waals surface area contributed by atoms with E-state index < -0.39 is 9.84 Å². The van der Waals surface area contributed by atoms with Crippen LogP contribution in [0.4, 0.5) is 0 Å². The molecule has 2 aliphatic rings. The highest BCUT2D eigenvalue weighted by Crippen LogP contribution is 2.34. The molecule has 6 nitrogen and oxygen atoms in total. The van der Waals surface area contributed by atoms with Crippen molar-refractivity contribution >= 4 is 27.5 Å². The average Bonchev–Trinajstić information content (AvgIpc) is 2.97. The number of carbonyl (C=O) groups is 1. The van der Waals surface area contributed by atoms with Gasteiger partial charge in [-0.3, -0.25) is 4.79 Å². The number of carbonyl (C=O) groups excluding carboxylic acids is 1. The van der Waals surface area contributed by atoms with Crippen molar-refractivity contribution < 1.29 is 22.7 Å². The zero-order chi connectivity index (χ0) is 17.9. The van der Waals surface area contributed by atoms with Crippen LogP contribution in [0.15, 0.2) is 23.1 Å². The summed E-state index contributed by atoms with van der Waals surface area (Å²) in [5.41, 5.74) is 0. The van der Waals surface area contributed by atoms with Crippen LogP contribution < -0.4 is 9.47 Å². The summed E-state index contributed by atoms with van der Waals surface area (Å²) < 4.78 is 34.5. The van der Waals surface area contributed by atoms with Gasteiger partial charge < -0.3 is 14.4 Å². The molecule has 1 fully saturated rings. The zero-order valence-corrected chi connectivity index (χ0v) is 15.9. The van der Waals surface area contributed by atoms with E-state index in [0.717, 1.165) is 17.1 Å². The predicted octanol–water partition coefficient (Wildman–Crippen LogP) is 1.98. The van der Waals surface area contributed by atoms with E-state index in [-0.39, 0.29) is 29.2 Å². The molecule has 0 unspecified atom stereocenters. The van der Waals surface area contributed by atoms with Crippen molar-refractivity contribution in [2.24, 2.45) is 0 Å². The molecule has 0 radical (unpaired) electrons. The van der Waals surface area contributed by atoms with E-state index in [1.807, 2.05) is 25.1 Å². The zero-order valence-electron chi connectivity index (χ0n) is 14.3. The third kappa shape index (κ3) is 4.61. The van der Waals surface area contributed by atoms with Gasteiger partial charge in [0.2, 0.25) is 5.91 Å². The first-order chi connectivity index (χ1) is 12.0. The normalized spacial score (nSPS) is 21.1. The van der Waals surface area contributed by atoms with Crippen LogP contribution in [0.1, 0.15) is 19.8 Å². The van der Waals surface area contributed by atoms with Gasteiger partial charge in [-0.25, -0.2) is 8.42 Å². The van der Waals surface area contributed by atoms with Crippen LogP contribution in [0.5, 0.6) is 11.5 Å². The molecular weight excluding hydrogens is 362 g/mol. The summed E-state index contributed by atoms with van der Waals surface area (Å²) in [5.74, 6) is 1.98. The fraction of sp³-hybridized carbons (Fsp3) is 0.588. The van der Waals surface area contributed by atoms with Gasteiger partial charge >= 0.3 is 0 Å². The lowest BCUT2D eigenvalue weighted by atomic mass is 10.2. The van der Waals surface area contributed by atoms with Gasteiger partial charge in [-0.1, -0.05) is 6.92 Å². The molecule has 0 spiro atoms. The van der Waals surface area contributed by atoms with Crippen LogP contribution in [0.3, 0.4) is 0 Å². The molecule has 138 valence electrons. The number of thioether (sulfide) groups is 1. The smallest absolute Gasteiger partial charge is 0.233 e. The Hall–Kier alpha value is -1.41. The first-order valence-electron chi connectivity index (χ1n) is 8.51. The topological polar surface area (TPSA) is 72.9 Å². The predicted molar refractivity (Wildman–Crippen MR) is 97.2 cm³/mol. The van der Waals surface area contributed by atoms with Gasteiger partial charge in [0.15, 0.2) is 21.3 Å². The van der Waals surface area contributed by atoms with Gasteiger partial charge in [0.05, 0.1) is 17.3 Å². The molecule has 2 heterocycles. The lowest BCUT2D eigenvalue weighted by Gasteiger charge is -2.28. The Morgan fingerprint density at radius 3 is 2.72 bits per heavy atom. The Labute approximate surface area is 152 Å². The summed E-state index contributed by atoms with van der Waals surface area (Å²) in [7, 11) is -3.00. The largest absolute Gasteiger partial charge is 0.486 e. The van der Waals surface area contributed by atoms with E-state index in [1.54, 1.807) is 4.90 Å². The molecule has 25 heavy (non-hydrogen) atoms. The molecule has 3 rings (SSSR count). The molecule has 2 aliphatic heterocycles. The second kappa shape index (κ2) is 7.86. The van der Waals surface area contributed by atoms with Crippen LogP contribution >= 0.6 is 11.8 Å². The molecule has 8 heteroatoms. The third-order valence-corrected chi connectivity index (χ3v) is 7.04. The number of sulfone groups is 1. The standard InChI is InChI=1S/C17H23NO5S2/c1-2-6-18(13-5-9-25(20,21)12-13)17(19)11-24-14-3-4-15-16(10-14)23-8-7-22-15/h3-4,10,13H,2,5-9,11-12H2,1H3/t13-/m0/s1. The Bertz CT molecular complexity index is 735. The number of hydrogen-bond donors (Lipinski definition) is 0. The van der Waals surface area contributed by atoms with E-state index in [4.69, 9.17) is 9.47 Å². The van der Waals surface area contributed by atoms with Crippen LogP contribution in [-0.2, 0) is 14.6 Å². The van der Waals surface area contributed by atoms with Crippen molar-refractivity contribution in [2.45, 2.75) is 30.7 Å². The quantitative estimate of drug-likeness (QED) is 0.697. The van der Waals surface area contributed by atoms with Crippen molar-refractivity contribution in [1.82, 2.24) is 4.90 Å². The molecular formula is C17H23NO5S2. The lowest BCUT2D eigenvalue weighted by Crippen LogP contribution is -2.42. The molecule has 1 aromatic carbocycles. The molecule has 1 aromatic rings. The number of benzene rings is 1. The van der Waals surface area contributed by atoms with E-state index >= 15 is 0 Å². The first-order valence-corrected chi connectivity index (χ1v) is 11.3. The number of hydrogen-bond acceptors (Lipinski definition) is 6. The van der Waals surface area contributed by atoms with Crippen molar-refractivity contribution in [2.75, 3.05) is 37.0 Å². The molecule has 0 bridgehead atoms. The monoisotopic (exact) mass is 385 g/mol. The van der Waals surface area contributed by atoms with Gasteiger partial charge in [0.25, 0.3) is 0 Å². The number of ether oxygens (including phenoxy) is 2. The van der Waals surface area contributed by atoms with Gasteiger partial charge in [-0.05, 0) is 31.0 Å². The summed E-state index contributed by atoms with van der Waals surface area (Å²) >= 11 is 1.44. The third-order valence-electron chi connectivity index (χ3n) is 4.31. The van der Waals surface area contributed by atoms with Crippen LogP contribution in [0, 0.1) is 0 Å². The Morgan fingerprint density at radius 2 is 2.04 bits per heavy atom. The Morgan fingerprint density at radius 1 is 1.28 bits per heavy atom. The number of nitrogens with zero attached hydrogens (tertiary/aromatic N) is 1. The minimum Gasteiger partial charge on any atom is -0.486 e. The fourth-order valence-corrected chi connectivity index (χ4v) is 5.66. The van der Waals surface area contributed by atoms with E-state index in [1.165, 1.54) is 11.8 Å². The van der Waals surface area contributed by atoms with Crippen LogP contribution in [-0.4, -0.2) is 62.3 Å². The molecule has 0 aliphatic carbocycles. The van der Waals surface area contributed by atoms with Gasteiger partial charge in [-0.2, -0.15) is 0 Å². The summed E-state index contributed by atoms with van der Waals surface area (Å²) in [6.07, 6.45) is 1.36. The maximum atomic E-state index is 12.6. The molecule has 0 aromatic heterocycles. The van der Waals surface area contributed by atoms with Crippen LogP contribution in [0.25, 0.3) is 0 Å². The SMILES string of the molecule is CCCN(C(=O)CSc1ccc2c(c1)OCCO2)[C@H]1CCS(=O)(=O)C1. The van der Waals surface area contributed by atoms with Crippen molar-refractivity contribution in [3.63, 3.8) is 0 Å². The number of amides is 1. The second-order valence-electron chi connectivity index (χ2n) is 6.24. The molecule has 1 atom stereocenters. The first kappa shape index (κ1) is 18.4. The van der Waals surface area contributed by atoms with E-state index in [2.05, 4.69) is 0 Å². The maximum absolute atomic E-state index is 12.6. The fourth-order valence-electron chi connectivity index (χ4n) is 3.11. The molecule has 1 amide bonds. The van der Waals surface area contributed by atoms with E-state index in [9.17, 15) is 13.2 Å². The van der Waals surface area contributed by atoms with Gasteiger partial charge in [0.1, 0.15) is 13.2 Å². The van der Waals surface area contributed by atoms with Crippen molar-refractivity contribution in [3.05, 3.63) is 18.2 Å². The van der Waals surface area contributed by atoms with Crippen molar-refractivity contribution in [1.29, 1.82) is 0 Å². The minimum atomic E-state index is -3.00. The summed E-state index contributed by atoms with van der Waals surface area (Å²) in [4.78, 5) is 15.3. The van der Waals surface area contributed by atoms with Crippen LogP contribution in [0.2, 0.25) is 0 Å². The number of fused-ring (bicyclic) bond motifs is 1. The number of rotatable bonds is 6. The summed E-state index contributed by atoms with van der Waals surface area (Å²) in [5, 5.41) is 0. The Balaban J connectivity index is 1.61. The van der Waals surface area contributed by atoms with Gasteiger partial charge in [0, 0.05) is 17.5 Å². The van der Waals surface area contributed by atoms with Crippen molar-refractivity contribution in [3.8, 4) is 11.5 Å². The minimum absolute atomic E-state index is 0.0103.